The highest BCUT2D eigenvalue weighted by atomic mass is 32.1. The number of phenolic OH excluding ortho intramolecular Hbond substituents is 1. The second-order valence-electron chi connectivity index (χ2n) is 2.59. The molecule has 0 spiro atoms. The smallest absolute Gasteiger partial charge is 0.120 e. The third-order valence-electron chi connectivity index (χ3n) is 1.66. The number of phenols is 1. The molecule has 12 heavy (non-hydrogen) atoms. The van der Waals surface area contributed by atoms with Crippen LogP contribution in [0.15, 0.2) is 23.1 Å². The summed E-state index contributed by atoms with van der Waals surface area (Å²) in [5.74, 6) is 0.172. The molecule has 0 saturated carbocycles. The van der Waals surface area contributed by atoms with Crippen LogP contribution in [0, 0.1) is 0 Å². The van der Waals surface area contributed by atoms with Gasteiger partial charge < -0.3 is 16.6 Å². The highest BCUT2D eigenvalue weighted by Gasteiger charge is 2.08. The molecule has 1 aromatic rings. The van der Waals surface area contributed by atoms with Crippen molar-refractivity contribution < 1.29 is 5.11 Å². The first-order chi connectivity index (χ1) is 5.65. The molecular formula is C8H12N2OS. The summed E-state index contributed by atoms with van der Waals surface area (Å²) in [5, 5.41) is 9.37. The van der Waals surface area contributed by atoms with Gasteiger partial charge in [0.05, 0.1) is 0 Å². The van der Waals surface area contributed by atoms with Crippen molar-refractivity contribution in [2.45, 2.75) is 10.9 Å². The second kappa shape index (κ2) is 3.80. The van der Waals surface area contributed by atoms with Crippen molar-refractivity contribution in [3.05, 3.63) is 23.8 Å². The highest BCUT2D eigenvalue weighted by Crippen LogP contribution is 2.24. The minimum absolute atomic E-state index is 0.172. The van der Waals surface area contributed by atoms with Crippen LogP contribution in [0.25, 0.3) is 0 Å². The van der Waals surface area contributed by atoms with E-state index in [4.69, 9.17) is 11.5 Å². The summed E-state index contributed by atoms with van der Waals surface area (Å²) in [7, 11) is 0. The SMILES string of the molecule is NCC(N)c1cc(S)ccc1O. The molecule has 0 bridgehead atoms. The molecule has 1 atom stereocenters. The van der Waals surface area contributed by atoms with E-state index < -0.39 is 0 Å². The highest BCUT2D eigenvalue weighted by molar-refractivity contribution is 7.80. The minimum atomic E-state index is -0.322. The molecule has 0 aliphatic carbocycles. The zero-order valence-electron chi connectivity index (χ0n) is 6.57. The van der Waals surface area contributed by atoms with E-state index in [2.05, 4.69) is 12.6 Å². The van der Waals surface area contributed by atoms with Crippen LogP contribution in [-0.4, -0.2) is 11.7 Å². The molecule has 0 amide bonds. The lowest BCUT2D eigenvalue weighted by molar-refractivity contribution is 0.461. The van der Waals surface area contributed by atoms with Gasteiger partial charge in [0, 0.05) is 23.0 Å². The first-order valence-corrected chi connectivity index (χ1v) is 4.07. The van der Waals surface area contributed by atoms with Gasteiger partial charge >= 0.3 is 0 Å². The third-order valence-corrected chi connectivity index (χ3v) is 1.94. The van der Waals surface area contributed by atoms with Crippen molar-refractivity contribution in [1.29, 1.82) is 0 Å². The Hall–Kier alpha value is -0.710. The van der Waals surface area contributed by atoms with E-state index in [0.717, 1.165) is 4.90 Å². The molecule has 0 aliphatic rings. The van der Waals surface area contributed by atoms with Gasteiger partial charge in [-0.05, 0) is 18.2 Å². The predicted molar refractivity (Wildman–Crippen MR) is 51.3 cm³/mol. The number of hydrogen-bond donors (Lipinski definition) is 4. The van der Waals surface area contributed by atoms with E-state index >= 15 is 0 Å². The van der Waals surface area contributed by atoms with Crippen LogP contribution in [0.3, 0.4) is 0 Å². The Balaban J connectivity index is 3.04. The van der Waals surface area contributed by atoms with Crippen LogP contribution in [0.5, 0.6) is 5.75 Å². The molecule has 0 fully saturated rings. The molecule has 3 nitrogen and oxygen atoms in total. The summed E-state index contributed by atoms with van der Waals surface area (Å²) in [6.07, 6.45) is 0. The van der Waals surface area contributed by atoms with Crippen LogP contribution in [0.2, 0.25) is 0 Å². The van der Waals surface area contributed by atoms with E-state index in [9.17, 15) is 5.11 Å². The quantitative estimate of drug-likeness (QED) is 0.510. The molecule has 0 heterocycles. The van der Waals surface area contributed by atoms with Gasteiger partial charge in [-0.3, -0.25) is 0 Å². The Morgan fingerprint density at radius 2 is 2.17 bits per heavy atom. The van der Waals surface area contributed by atoms with Crippen LogP contribution in [-0.2, 0) is 0 Å². The molecule has 66 valence electrons. The number of rotatable bonds is 2. The number of aromatic hydroxyl groups is 1. The van der Waals surface area contributed by atoms with E-state index in [0.29, 0.717) is 12.1 Å². The van der Waals surface area contributed by atoms with Crippen molar-refractivity contribution in [2.75, 3.05) is 6.54 Å². The Morgan fingerprint density at radius 3 is 2.75 bits per heavy atom. The normalized spacial score (nSPS) is 12.9. The molecule has 0 radical (unpaired) electrons. The van der Waals surface area contributed by atoms with Crippen molar-refractivity contribution in [2.24, 2.45) is 11.5 Å². The topological polar surface area (TPSA) is 72.3 Å². The van der Waals surface area contributed by atoms with Gasteiger partial charge in [-0.25, -0.2) is 0 Å². The van der Waals surface area contributed by atoms with Gasteiger partial charge in [-0.15, -0.1) is 12.6 Å². The summed E-state index contributed by atoms with van der Waals surface area (Å²) < 4.78 is 0. The zero-order chi connectivity index (χ0) is 9.14. The molecule has 4 heteroatoms. The molecule has 1 aromatic carbocycles. The zero-order valence-corrected chi connectivity index (χ0v) is 7.46. The maximum atomic E-state index is 9.37. The first kappa shape index (κ1) is 9.38. The summed E-state index contributed by atoms with van der Waals surface area (Å²) in [5.41, 5.74) is 11.7. The van der Waals surface area contributed by atoms with Gasteiger partial charge in [-0.2, -0.15) is 0 Å². The summed E-state index contributed by atoms with van der Waals surface area (Å²) in [4.78, 5) is 0.770. The number of thiol groups is 1. The van der Waals surface area contributed by atoms with Crippen LogP contribution in [0.4, 0.5) is 0 Å². The Morgan fingerprint density at radius 1 is 1.50 bits per heavy atom. The fourth-order valence-corrected chi connectivity index (χ4v) is 1.18. The van der Waals surface area contributed by atoms with Crippen molar-refractivity contribution in [3.8, 4) is 5.75 Å². The lowest BCUT2D eigenvalue weighted by atomic mass is 10.1. The molecule has 1 rings (SSSR count). The molecule has 0 saturated heterocycles. The molecular weight excluding hydrogens is 172 g/mol. The van der Waals surface area contributed by atoms with Crippen LogP contribution < -0.4 is 11.5 Å². The molecule has 0 aromatic heterocycles. The second-order valence-corrected chi connectivity index (χ2v) is 3.10. The molecule has 0 aliphatic heterocycles. The van der Waals surface area contributed by atoms with Crippen molar-refractivity contribution in [3.63, 3.8) is 0 Å². The van der Waals surface area contributed by atoms with E-state index in [1.807, 2.05) is 0 Å². The van der Waals surface area contributed by atoms with Crippen LogP contribution >= 0.6 is 12.6 Å². The average molecular weight is 184 g/mol. The van der Waals surface area contributed by atoms with Crippen LogP contribution in [0.1, 0.15) is 11.6 Å². The number of hydrogen-bond acceptors (Lipinski definition) is 4. The predicted octanol–water partition coefficient (Wildman–Crippen LogP) is 0.639. The third kappa shape index (κ3) is 1.91. The summed E-state index contributed by atoms with van der Waals surface area (Å²) >= 11 is 4.13. The average Bonchev–Trinajstić information content (AvgIpc) is 2.08. The fourth-order valence-electron chi connectivity index (χ4n) is 0.966. The monoisotopic (exact) mass is 184 g/mol. The molecule has 5 N–H and O–H groups in total. The maximum absolute atomic E-state index is 9.37. The minimum Gasteiger partial charge on any atom is -0.508 e. The largest absolute Gasteiger partial charge is 0.508 e. The lowest BCUT2D eigenvalue weighted by Crippen LogP contribution is -2.20. The number of benzene rings is 1. The number of nitrogens with two attached hydrogens (primary N) is 2. The van der Waals surface area contributed by atoms with Gasteiger partial charge in [0.15, 0.2) is 0 Å². The van der Waals surface area contributed by atoms with E-state index in [-0.39, 0.29) is 11.8 Å². The van der Waals surface area contributed by atoms with Gasteiger partial charge in [0.25, 0.3) is 0 Å². The first-order valence-electron chi connectivity index (χ1n) is 3.62. The molecule has 1 unspecified atom stereocenters. The fraction of sp³-hybridized carbons (Fsp3) is 0.250. The van der Waals surface area contributed by atoms with Gasteiger partial charge in [0.2, 0.25) is 0 Å². The lowest BCUT2D eigenvalue weighted by Gasteiger charge is -2.11. The maximum Gasteiger partial charge on any atom is 0.120 e. The Labute approximate surface area is 76.8 Å². The Kier molecular flexibility index (Phi) is 2.97. The summed E-state index contributed by atoms with van der Waals surface area (Å²) in [6.45, 7) is 0.310. The van der Waals surface area contributed by atoms with Crippen molar-refractivity contribution in [1.82, 2.24) is 0 Å². The standard InChI is InChI=1S/C8H12N2OS/c9-4-7(10)6-3-5(12)1-2-8(6)11/h1-3,7,11-12H,4,9-10H2. The summed E-state index contributed by atoms with van der Waals surface area (Å²) in [6, 6.07) is 4.66. The van der Waals surface area contributed by atoms with E-state index in [1.165, 1.54) is 0 Å². The van der Waals surface area contributed by atoms with Gasteiger partial charge in [-0.1, -0.05) is 0 Å². The Bertz CT molecular complexity index is 278. The van der Waals surface area contributed by atoms with E-state index in [1.54, 1.807) is 18.2 Å². The van der Waals surface area contributed by atoms with Crippen molar-refractivity contribution >= 4 is 12.6 Å². The van der Waals surface area contributed by atoms with Gasteiger partial charge in [0.1, 0.15) is 5.75 Å².